The van der Waals surface area contributed by atoms with Crippen LogP contribution in [0.4, 0.5) is 0 Å². The molecule has 7 heteroatoms. The number of benzene rings is 2. The summed E-state index contributed by atoms with van der Waals surface area (Å²) in [5.74, 6) is 0.135. The van der Waals surface area contributed by atoms with Crippen molar-refractivity contribution in [2.45, 2.75) is 31.8 Å². The van der Waals surface area contributed by atoms with E-state index in [2.05, 4.69) is 10.1 Å². The lowest BCUT2D eigenvalue weighted by Crippen LogP contribution is -2.49. The maximum atomic E-state index is 12.8. The Balaban J connectivity index is 1.48. The largest absolute Gasteiger partial charge is 0.455 e. The number of ketones is 1. The summed E-state index contributed by atoms with van der Waals surface area (Å²) in [7, 11) is 0. The smallest absolute Gasteiger partial charge is 0.317 e. The summed E-state index contributed by atoms with van der Waals surface area (Å²) in [4.78, 5) is 28.7. The molecule has 0 unspecified atom stereocenters. The molecule has 1 aliphatic carbocycles. The Morgan fingerprint density at radius 3 is 2.71 bits per heavy atom. The average Bonchev–Trinajstić information content (AvgIpc) is 3.12. The Morgan fingerprint density at radius 2 is 2.00 bits per heavy atom. The number of halogens is 1. The SMILES string of the molecule is Cc1cccc(-c2noc(COC(=O)C3(c4cccc(Cl)c4)CC(=O)C3)n2)c1. The molecule has 4 rings (SSSR count). The van der Waals surface area contributed by atoms with Crippen molar-refractivity contribution in [2.24, 2.45) is 0 Å². The summed E-state index contributed by atoms with van der Waals surface area (Å²) in [5, 5.41) is 4.44. The summed E-state index contributed by atoms with van der Waals surface area (Å²) in [6, 6.07) is 14.6. The number of carbonyl (C=O) groups excluding carboxylic acids is 2. The summed E-state index contributed by atoms with van der Waals surface area (Å²) < 4.78 is 10.6. The van der Waals surface area contributed by atoms with E-state index in [-0.39, 0.29) is 31.1 Å². The molecule has 0 N–H and O–H groups in total. The molecule has 0 radical (unpaired) electrons. The predicted molar refractivity (Wildman–Crippen MR) is 102 cm³/mol. The van der Waals surface area contributed by atoms with E-state index in [1.54, 1.807) is 24.3 Å². The molecule has 0 atom stereocenters. The van der Waals surface area contributed by atoms with Gasteiger partial charge in [-0.25, -0.2) is 0 Å². The van der Waals surface area contributed by atoms with Crippen molar-refractivity contribution >= 4 is 23.4 Å². The van der Waals surface area contributed by atoms with Crippen LogP contribution in [0.5, 0.6) is 0 Å². The number of hydrogen-bond acceptors (Lipinski definition) is 6. The van der Waals surface area contributed by atoms with Crippen LogP contribution < -0.4 is 0 Å². The first-order valence-corrected chi connectivity index (χ1v) is 9.19. The molecule has 0 bridgehead atoms. The molecule has 0 spiro atoms. The van der Waals surface area contributed by atoms with Gasteiger partial charge < -0.3 is 9.26 Å². The summed E-state index contributed by atoms with van der Waals surface area (Å²) in [6.07, 6.45) is 0.203. The first kappa shape index (κ1) is 18.4. The Hall–Kier alpha value is -2.99. The van der Waals surface area contributed by atoms with E-state index in [0.29, 0.717) is 16.4 Å². The minimum atomic E-state index is -0.999. The molecule has 1 heterocycles. The first-order valence-electron chi connectivity index (χ1n) is 8.81. The van der Waals surface area contributed by atoms with Crippen molar-refractivity contribution < 1.29 is 18.8 Å². The quantitative estimate of drug-likeness (QED) is 0.605. The van der Waals surface area contributed by atoms with Crippen LogP contribution in [0.15, 0.2) is 53.1 Å². The van der Waals surface area contributed by atoms with Crippen molar-refractivity contribution in [3.8, 4) is 11.4 Å². The van der Waals surface area contributed by atoms with E-state index in [1.807, 2.05) is 31.2 Å². The minimum Gasteiger partial charge on any atom is -0.455 e. The highest BCUT2D eigenvalue weighted by Crippen LogP contribution is 2.43. The fraction of sp³-hybridized carbons (Fsp3) is 0.238. The van der Waals surface area contributed by atoms with E-state index in [4.69, 9.17) is 20.9 Å². The number of esters is 1. The fourth-order valence-electron chi connectivity index (χ4n) is 3.35. The molecule has 0 aliphatic heterocycles. The minimum absolute atomic E-state index is 0.0106. The topological polar surface area (TPSA) is 82.3 Å². The van der Waals surface area contributed by atoms with Crippen LogP contribution in [0.3, 0.4) is 0 Å². The lowest BCUT2D eigenvalue weighted by Gasteiger charge is -2.38. The molecule has 1 fully saturated rings. The molecule has 2 aromatic carbocycles. The van der Waals surface area contributed by atoms with Gasteiger partial charge >= 0.3 is 5.97 Å². The van der Waals surface area contributed by atoms with Gasteiger partial charge in [-0.1, -0.05) is 52.7 Å². The van der Waals surface area contributed by atoms with Gasteiger partial charge in [0.25, 0.3) is 5.89 Å². The van der Waals surface area contributed by atoms with Crippen LogP contribution in [-0.4, -0.2) is 21.9 Å². The number of Topliss-reactive ketones (excluding diaryl/α,β-unsaturated/α-hetero) is 1. The predicted octanol–water partition coefficient (Wildman–Crippen LogP) is 4.04. The monoisotopic (exact) mass is 396 g/mol. The summed E-state index contributed by atoms with van der Waals surface area (Å²) in [6.45, 7) is 1.82. The highest BCUT2D eigenvalue weighted by atomic mass is 35.5. The average molecular weight is 397 g/mol. The maximum Gasteiger partial charge on any atom is 0.317 e. The second-order valence-electron chi connectivity index (χ2n) is 6.94. The van der Waals surface area contributed by atoms with Crippen LogP contribution in [0, 0.1) is 6.92 Å². The van der Waals surface area contributed by atoms with Gasteiger partial charge in [0.15, 0.2) is 6.61 Å². The molecular formula is C21H17ClN2O4. The van der Waals surface area contributed by atoms with Crippen LogP contribution in [-0.2, 0) is 26.3 Å². The van der Waals surface area contributed by atoms with Gasteiger partial charge in [0.1, 0.15) is 11.2 Å². The van der Waals surface area contributed by atoms with Gasteiger partial charge in [0.2, 0.25) is 5.82 Å². The lowest BCUT2D eigenvalue weighted by atomic mass is 9.63. The van der Waals surface area contributed by atoms with E-state index < -0.39 is 11.4 Å². The molecular weight excluding hydrogens is 380 g/mol. The summed E-state index contributed by atoms with van der Waals surface area (Å²) >= 11 is 6.05. The van der Waals surface area contributed by atoms with Crippen LogP contribution in [0.1, 0.15) is 29.9 Å². The molecule has 0 saturated heterocycles. The Bertz CT molecular complexity index is 1050. The van der Waals surface area contributed by atoms with E-state index >= 15 is 0 Å². The van der Waals surface area contributed by atoms with Gasteiger partial charge in [-0.2, -0.15) is 4.98 Å². The number of carbonyl (C=O) groups is 2. The van der Waals surface area contributed by atoms with Crippen LogP contribution in [0.25, 0.3) is 11.4 Å². The molecule has 6 nitrogen and oxygen atoms in total. The standard InChI is InChI=1S/C21H17ClN2O4/c1-13-4-2-5-14(8-13)19-23-18(28-24-19)12-27-20(26)21(10-17(25)11-21)15-6-3-7-16(22)9-15/h2-9H,10-12H2,1H3. The molecule has 1 aromatic heterocycles. The lowest BCUT2D eigenvalue weighted by molar-refractivity contribution is -0.160. The van der Waals surface area contributed by atoms with Gasteiger partial charge in [0, 0.05) is 23.4 Å². The normalized spacial score (nSPS) is 15.1. The number of ether oxygens (including phenoxy) is 1. The zero-order valence-corrected chi connectivity index (χ0v) is 15.9. The van der Waals surface area contributed by atoms with Gasteiger partial charge in [0.05, 0.1) is 0 Å². The van der Waals surface area contributed by atoms with Crippen molar-refractivity contribution in [3.05, 3.63) is 70.6 Å². The van der Waals surface area contributed by atoms with Gasteiger partial charge in [-0.3, -0.25) is 9.59 Å². The second kappa shape index (κ2) is 7.20. The summed E-state index contributed by atoms with van der Waals surface area (Å²) in [5.41, 5.74) is 1.58. The zero-order chi connectivity index (χ0) is 19.7. The molecule has 1 saturated carbocycles. The number of rotatable bonds is 5. The van der Waals surface area contributed by atoms with Gasteiger partial charge in [-0.15, -0.1) is 0 Å². The third kappa shape index (κ3) is 3.43. The van der Waals surface area contributed by atoms with Crippen molar-refractivity contribution in [2.75, 3.05) is 0 Å². The van der Waals surface area contributed by atoms with Crippen molar-refractivity contribution in [1.82, 2.24) is 10.1 Å². The van der Waals surface area contributed by atoms with E-state index in [9.17, 15) is 9.59 Å². The maximum absolute atomic E-state index is 12.8. The number of nitrogens with zero attached hydrogens (tertiary/aromatic N) is 2. The number of aromatic nitrogens is 2. The van der Waals surface area contributed by atoms with E-state index in [0.717, 1.165) is 11.1 Å². The Labute approximate surface area is 166 Å². The van der Waals surface area contributed by atoms with Crippen LogP contribution in [0.2, 0.25) is 5.02 Å². The Kier molecular flexibility index (Phi) is 4.73. The number of aryl methyl sites for hydroxylation is 1. The van der Waals surface area contributed by atoms with Gasteiger partial charge in [-0.05, 0) is 30.7 Å². The van der Waals surface area contributed by atoms with Crippen molar-refractivity contribution in [1.29, 1.82) is 0 Å². The molecule has 142 valence electrons. The molecule has 1 aliphatic rings. The fourth-order valence-corrected chi connectivity index (χ4v) is 3.54. The second-order valence-corrected chi connectivity index (χ2v) is 7.38. The molecule has 0 amide bonds. The third-order valence-corrected chi connectivity index (χ3v) is 5.07. The molecule has 28 heavy (non-hydrogen) atoms. The third-order valence-electron chi connectivity index (χ3n) is 4.84. The van der Waals surface area contributed by atoms with Crippen LogP contribution >= 0.6 is 11.6 Å². The number of hydrogen-bond donors (Lipinski definition) is 0. The Morgan fingerprint density at radius 1 is 1.21 bits per heavy atom. The van der Waals surface area contributed by atoms with Crippen molar-refractivity contribution in [3.63, 3.8) is 0 Å². The zero-order valence-electron chi connectivity index (χ0n) is 15.1. The van der Waals surface area contributed by atoms with E-state index in [1.165, 1.54) is 0 Å². The first-order chi connectivity index (χ1) is 13.5. The molecule has 3 aromatic rings. The highest BCUT2D eigenvalue weighted by molar-refractivity contribution is 6.30. The highest BCUT2D eigenvalue weighted by Gasteiger charge is 2.52.